The van der Waals surface area contributed by atoms with E-state index < -0.39 is 5.63 Å². The van der Waals surface area contributed by atoms with E-state index in [-0.39, 0.29) is 17.7 Å². The molecule has 1 heterocycles. The SMILES string of the molecule is CC(C1CC1)C(c1cc(O)c(C(NC2CC2)c2ccccc2)c(=O)o1)C1CC1. The maximum atomic E-state index is 13.1. The molecule has 4 heteroatoms. The van der Waals surface area contributed by atoms with Crippen LogP contribution in [0.1, 0.15) is 74.3 Å². The molecule has 3 aliphatic carbocycles. The Hall–Kier alpha value is -2.07. The van der Waals surface area contributed by atoms with Crippen LogP contribution in [0.2, 0.25) is 0 Å². The molecule has 0 spiro atoms. The highest BCUT2D eigenvalue weighted by molar-refractivity contribution is 5.40. The van der Waals surface area contributed by atoms with Gasteiger partial charge in [-0.1, -0.05) is 37.3 Å². The lowest BCUT2D eigenvalue weighted by atomic mass is 9.83. The first-order valence-electron chi connectivity index (χ1n) is 10.8. The van der Waals surface area contributed by atoms with Gasteiger partial charge in [-0.3, -0.25) is 0 Å². The molecule has 5 rings (SSSR count). The largest absolute Gasteiger partial charge is 0.507 e. The summed E-state index contributed by atoms with van der Waals surface area (Å²) in [5.74, 6) is 2.86. The third kappa shape index (κ3) is 3.62. The van der Waals surface area contributed by atoms with Crippen molar-refractivity contribution in [2.45, 2.75) is 63.5 Å². The van der Waals surface area contributed by atoms with Gasteiger partial charge in [0.2, 0.25) is 0 Å². The van der Waals surface area contributed by atoms with E-state index in [1.165, 1.54) is 25.7 Å². The van der Waals surface area contributed by atoms with E-state index >= 15 is 0 Å². The minimum absolute atomic E-state index is 0.0712. The second kappa shape index (κ2) is 7.07. The Bertz CT molecular complexity index is 894. The van der Waals surface area contributed by atoms with Crippen LogP contribution >= 0.6 is 0 Å². The van der Waals surface area contributed by atoms with E-state index in [9.17, 15) is 9.90 Å². The lowest BCUT2D eigenvalue weighted by Crippen LogP contribution is -2.29. The van der Waals surface area contributed by atoms with Crippen molar-refractivity contribution in [3.63, 3.8) is 0 Å². The summed E-state index contributed by atoms with van der Waals surface area (Å²) in [5.41, 5.74) is 0.927. The molecule has 0 saturated heterocycles. The summed E-state index contributed by atoms with van der Waals surface area (Å²) in [7, 11) is 0. The first-order valence-corrected chi connectivity index (χ1v) is 10.8. The highest BCUT2D eigenvalue weighted by Gasteiger charge is 2.43. The molecule has 2 N–H and O–H groups in total. The second-order valence-corrected chi connectivity index (χ2v) is 9.08. The third-order valence-electron chi connectivity index (χ3n) is 6.78. The zero-order valence-electron chi connectivity index (χ0n) is 16.4. The molecule has 0 aliphatic heterocycles. The van der Waals surface area contributed by atoms with Gasteiger partial charge < -0.3 is 14.8 Å². The van der Waals surface area contributed by atoms with Crippen molar-refractivity contribution in [3.8, 4) is 5.75 Å². The molecule has 0 bridgehead atoms. The van der Waals surface area contributed by atoms with Crippen molar-refractivity contribution in [1.29, 1.82) is 0 Å². The van der Waals surface area contributed by atoms with Crippen LogP contribution in [-0.2, 0) is 0 Å². The van der Waals surface area contributed by atoms with Crippen molar-refractivity contribution in [3.05, 3.63) is 63.7 Å². The molecule has 1 aromatic heterocycles. The van der Waals surface area contributed by atoms with Crippen LogP contribution in [0.4, 0.5) is 0 Å². The minimum Gasteiger partial charge on any atom is -0.507 e. The first kappa shape index (κ1) is 18.0. The Labute approximate surface area is 166 Å². The van der Waals surface area contributed by atoms with Crippen LogP contribution < -0.4 is 10.9 Å². The fourth-order valence-electron chi connectivity index (χ4n) is 4.71. The second-order valence-electron chi connectivity index (χ2n) is 9.08. The zero-order chi connectivity index (χ0) is 19.3. The van der Waals surface area contributed by atoms with Gasteiger partial charge in [0.15, 0.2) is 0 Å². The lowest BCUT2D eigenvalue weighted by molar-refractivity contribution is 0.297. The van der Waals surface area contributed by atoms with Crippen molar-refractivity contribution < 1.29 is 9.52 Å². The number of nitrogens with one attached hydrogen (secondary N) is 1. The van der Waals surface area contributed by atoms with Crippen molar-refractivity contribution in [1.82, 2.24) is 5.32 Å². The van der Waals surface area contributed by atoms with Gasteiger partial charge in [0.25, 0.3) is 0 Å². The summed E-state index contributed by atoms with van der Waals surface area (Å²) in [6, 6.07) is 11.7. The monoisotopic (exact) mass is 379 g/mol. The van der Waals surface area contributed by atoms with Gasteiger partial charge in [-0.2, -0.15) is 0 Å². The standard InChI is InChI=1S/C24H29NO3/c1-14(15-7-8-15)21(16-9-10-16)20-13-19(26)22(24(27)28-20)23(25-18-11-12-18)17-5-3-2-4-6-17/h2-6,13-16,18,21,23,25-26H,7-12H2,1H3. The first-order chi connectivity index (χ1) is 13.6. The predicted molar refractivity (Wildman–Crippen MR) is 108 cm³/mol. The third-order valence-corrected chi connectivity index (χ3v) is 6.78. The quantitative estimate of drug-likeness (QED) is 0.696. The number of hydrogen-bond donors (Lipinski definition) is 2. The van der Waals surface area contributed by atoms with Crippen LogP contribution in [0.15, 0.2) is 45.6 Å². The molecule has 3 saturated carbocycles. The molecular weight excluding hydrogens is 350 g/mol. The number of aromatic hydroxyl groups is 1. The van der Waals surface area contributed by atoms with Gasteiger partial charge in [-0.15, -0.1) is 0 Å². The zero-order valence-corrected chi connectivity index (χ0v) is 16.4. The summed E-state index contributed by atoms with van der Waals surface area (Å²) < 4.78 is 5.90. The van der Waals surface area contributed by atoms with Crippen molar-refractivity contribution in [2.24, 2.45) is 17.8 Å². The molecule has 3 atom stereocenters. The van der Waals surface area contributed by atoms with Crippen molar-refractivity contribution >= 4 is 0 Å². The Morgan fingerprint density at radius 1 is 1.04 bits per heavy atom. The van der Waals surface area contributed by atoms with Crippen molar-refractivity contribution in [2.75, 3.05) is 0 Å². The van der Waals surface area contributed by atoms with Gasteiger partial charge in [-0.25, -0.2) is 4.79 Å². The maximum Gasteiger partial charge on any atom is 0.344 e. The summed E-state index contributed by atoms with van der Waals surface area (Å²) in [4.78, 5) is 13.1. The molecule has 3 aliphatic rings. The van der Waals surface area contributed by atoms with E-state index in [0.717, 1.165) is 24.3 Å². The lowest BCUT2D eigenvalue weighted by Gasteiger charge is -2.24. The summed E-state index contributed by atoms with van der Waals surface area (Å²) in [5, 5.41) is 14.4. The molecule has 2 aromatic rings. The summed E-state index contributed by atoms with van der Waals surface area (Å²) >= 11 is 0. The van der Waals surface area contributed by atoms with Gasteiger partial charge >= 0.3 is 5.63 Å². The molecular formula is C24H29NO3. The van der Waals surface area contributed by atoms with Gasteiger partial charge in [-0.05, 0) is 61.8 Å². The highest BCUT2D eigenvalue weighted by Crippen LogP contribution is 2.53. The Morgan fingerprint density at radius 3 is 2.29 bits per heavy atom. The van der Waals surface area contributed by atoms with Crippen LogP contribution in [0.3, 0.4) is 0 Å². The molecule has 4 nitrogen and oxygen atoms in total. The summed E-state index contributed by atoms with van der Waals surface area (Å²) in [6.07, 6.45) is 7.17. The predicted octanol–water partition coefficient (Wildman–Crippen LogP) is 4.73. The maximum absolute atomic E-state index is 13.1. The smallest absolute Gasteiger partial charge is 0.344 e. The average molecular weight is 380 g/mol. The molecule has 148 valence electrons. The van der Waals surface area contributed by atoms with Gasteiger partial charge in [0.05, 0.1) is 6.04 Å². The Morgan fingerprint density at radius 2 is 1.71 bits per heavy atom. The van der Waals surface area contributed by atoms with Gasteiger partial charge in [0.1, 0.15) is 17.1 Å². The normalized spacial score (nSPS) is 22.6. The van der Waals surface area contributed by atoms with Crippen LogP contribution in [0, 0.1) is 17.8 Å². The van der Waals surface area contributed by atoms with Crippen LogP contribution in [-0.4, -0.2) is 11.1 Å². The molecule has 0 amide bonds. The van der Waals surface area contributed by atoms with E-state index in [4.69, 9.17) is 4.42 Å². The van der Waals surface area contributed by atoms with E-state index in [0.29, 0.717) is 29.2 Å². The minimum atomic E-state index is -0.398. The average Bonchev–Trinajstić information content (AvgIpc) is 3.55. The molecule has 1 aromatic carbocycles. The number of hydrogen-bond acceptors (Lipinski definition) is 4. The molecule has 0 radical (unpaired) electrons. The van der Waals surface area contributed by atoms with Crippen LogP contribution in [0.5, 0.6) is 5.75 Å². The van der Waals surface area contributed by atoms with E-state index in [1.54, 1.807) is 6.07 Å². The fourth-order valence-corrected chi connectivity index (χ4v) is 4.71. The van der Waals surface area contributed by atoms with Gasteiger partial charge in [0, 0.05) is 18.0 Å². The molecule has 3 unspecified atom stereocenters. The molecule has 3 fully saturated rings. The Kier molecular flexibility index (Phi) is 4.54. The fraction of sp³-hybridized carbons (Fsp3) is 0.542. The van der Waals surface area contributed by atoms with E-state index in [1.807, 2.05) is 30.3 Å². The topological polar surface area (TPSA) is 62.5 Å². The van der Waals surface area contributed by atoms with E-state index in [2.05, 4.69) is 12.2 Å². The number of rotatable bonds is 8. The van der Waals surface area contributed by atoms with Crippen LogP contribution in [0.25, 0.3) is 0 Å². The molecule has 28 heavy (non-hydrogen) atoms. The highest BCUT2D eigenvalue weighted by atomic mass is 16.4. The number of benzene rings is 1. The Balaban J connectivity index is 1.52. The summed E-state index contributed by atoms with van der Waals surface area (Å²) in [6.45, 7) is 2.28.